The second kappa shape index (κ2) is 16.9. The molecule has 1 rings (SSSR count). The fraction of sp³-hybridized carbons (Fsp3) is 0.692. The van der Waals surface area contributed by atoms with Gasteiger partial charge < -0.3 is 9.47 Å². The quantitative estimate of drug-likeness (QED) is 0.196. The number of esters is 2. The Balaban J connectivity index is 2.15. The lowest BCUT2D eigenvalue weighted by Crippen LogP contribution is -2.16. The number of hydrogen-bond donors (Lipinski definition) is 0. The molecule has 0 N–H and O–H groups in total. The van der Waals surface area contributed by atoms with E-state index in [1.54, 1.807) is 24.3 Å². The maximum atomic E-state index is 12.4. The second-order valence-electron chi connectivity index (χ2n) is 8.56. The number of hydrogen-bond acceptors (Lipinski definition) is 4. The van der Waals surface area contributed by atoms with Gasteiger partial charge in [0.05, 0.1) is 24.3 Å². The maximum Gasteiger partial charge on any atom is 0.339 e. The highest BCUT2D eigenvalue weighted by Crippen LogP contribution is 2.14. The standard InChI is InChI=1S/C26H42O4/c1-4-5-6-7-8-9-10-11-12-13-14-17-20-29-25(27)23-18-15-16-19-24(23)26(28)30-21-22(2)3/h15-16,18-19,22H,4-14,17,20-21H2,1-3H3. The van der Waals surface area contributed by atoms with Crippen LogP contribution in [-0.4, -0.2) is 25.2 Å². The topological polar surface area (TPSA) is 52.6 Å². The lowest BCUT2D eigenvalue weighted by Gasteiger charge is -2.11. The molecule has 0 aliphatic carbocycles. The third-order valence-corrected chi connectivity index (χ3v) is 5.15. The van der Waals surface area contributed by atoms with E-state index in [4.69, 9.17) is 9.47 Å². The Morgan fingerprint density at radius 3 is 1.60 bits per heavy atom. The van der Waals surface area contributed by atoms with E-state index in [0.717, 1.165) is 12.8 Å². The first-order chi connectivity index (χ1) is 14.6. The van der Waals surface area contributed by atoms with Crippen LogP contribution in [0.1, 0.15) is 119 Å². The zero-order chi connectivity index (χ0) is 22.0. The molecule has 1 aromatic rings. The van der Waals surface area contributed by atoms with E-state index in [0.29, 0.717) is 13.2 Å². The Labute approximate surface area is 183 Å². The van der Waals surface area contributed by atoms with E-state index in [1.807, 2.05) is 13.8 Å². The summed E-state index contributed by atoms with van der Waals surface area (Å²) in [6.45, 7) is 6.93. The number of rotatable bonds is 17. The Morgan fingerprint density at radius 2 is 1.13 bits per heavy atom. The van der Waals surface area contributed by atoms with Gasteiger partial charge in [0, 0.05) is 0 Å². The van der Waals surface area contributed by atoms with Crippen LogP contribution >= 0.6 is 0 Å². The van der Waals surface area contributed by atoms with E-state index in [2.05, 4.69) is 6.92 Å². The highest BCUT2D eigenvalue weighted by atomic mass is 16.5. The molecular formula is C26H42O4. The molecule has 0 unspecified atom stereocenters. The Morgan fingerprint density at radius 1 is 0.700 bits per heavy atom. The minimum absolute atomic E-state index is 0.249. The van der Waals surface area contributed by atoms with Crippen LogP contribution in [-0.2, 0) is 9.47 Å². The largest absolute Gasteiger partial charge is 0.462 e. The van der Waals surface area contributed by atoms with Crippen molar-refractivity contribution in [2.24, 2.45) is 5.92 Å². The van der Waals surface area contributed by atoms with E-state index in [-0.39, 0.29) is 17.0 Å². The van der Waals surface area contributed by atoms with Crippen LogP contribution in [0.15, 0.2) is 24.3 Å². The third-order valence-electron chi connectivity index (χ3n) is 5.15. The Hall–Kier alpha value is -1.84. The number of carbonyl (C=O) groups excluding carboxylic acids is 2. The predicted octanol–water partition coefficient (Wildman–Crippen LogP) is 7.36. The molecule has 0 amide bonds. The number of carbonyl (C=O) groups is 2. The normalized spacial score (nSPS) is 10.9. The summed E-state index contributed by atoms with van der Waals surface area (Å²) in [6.07, 6.45) is 15.2. The summed E-state index contributed by atoms with van der Waals surface area (Å²) >= 11 is 0. The lowest BCUT2D eigenvalue weighted by molar-refractivity contribution is 0.0427. The van der Waals surface area contributed by atoms with Crippen LogP contribution in [0.4, 0.5) is 0 Å². The molecule has 1 aromatic carbocycles. The molecule has 4 heteroatoms. The number of ether oxygens (including phenoxy) is 2. The zero-order valence-corrected chi connectivity index (χ0v) is 19.4. The fourth-order valence-corrected chi connectivity index (χ4v) is 3.34. The second-order valence-corrected chi connectivity index (χ2v) is 8.56. The molecule has 0 atom stereocenters. The minimum atomic E-state index is -0.471. The van der Waals surface area contributed by atoms with E-state index < -0.39 is 11.9 Å². The van der Waals surface area contributed by atoms with Crippen molar-refractivity contribution >= 4 is 11.9 Å². The number of unbranched alkanes of at least 4 members (excludes halogenated alkanes) is 11. The van der Waals surface area contributed by atoms with Gasteiger partial charge in [-0.05, 0) is 24.5 Å². The molecule has 0 aliphatic rings. The first-order valence-electron chi connectivity index (χ1n) is 12.0. The zero-order valence-electron chi connectivity index (χ0n) is 19.4. The van der Waals surface area contributed by atoms with Crippen LogP contribution in [0, 0.1) is 5.92 Å². The average Bonchev–Trinajstić information content (AvgIpc) is 2.75. The molecule has 0 radical (unpaired) electrons. The van der Waals surface area contributed by atoms with Gasteiger partial charge in [-0.1, -0.05) is 104 Å². The monoisotopic (exact) mass is 418 g/mol. The van der Waals surface area contributed by atoms with Crippen LogP contribution in [0.2, 0.25) is 0 Å². The summed E-state index contributed by atoms with van der Waals surface area (Å²) in [6, 6.07) is 6.70. The van der Waals surface area contributed by atoms with Crippen molar-refractivity contribution < 1.29 is 19.1 Å². The van der Waals surface area contributed by atoms with Gasteiger partial charge in [0.1, 0.15) is 0 Å². The Kier molecular flexibility index (Phi) is 14.8. The van der Waals surface area contributed by atoms with Gasteiger partial charge >= 0.3 is 11.9 Å². The summed E-state index contributed by atoms with van der Waals surface area (Å²) in [5.74, 6) is -0.671. The Bertz CT molecular complexity index is 594. The van der Waals surface area contributed by atoms with Crippen molar-refractivity contribution in [1.82, 2.24) is 0 Å². The van der Waals surface area contributed by atoms with E-state index >= 15 is 0 Å². The molecule has 0 aromatic heterocycles. The molecule has 4 nitrogen and oxygen atoms in total. The molecule has 0 fully saturated rings. The highest BCUT2D eigenvalue weighted by molar-refractivity contribution is 6.03. The SMILES string of the molecule is CCCCCCCCCCCCCCOC(=O)c1ccccc1C(=O)OCC(C)C. The summed E-state index contributed by atoms with van der Waals surface area (Å²) in [5, 5.41) is 0. The van der Waals surface area contributed by atoms with Crippen molar-refractivity contribution in [2.45, 2.75) is 97.8 Å². The van der Waals surface area contributed by atoms with Gasteiger partial charge in [-0.15, -0.1) is 0 Å². The summed E-state index contributed by atoms with van der Waals surface area (Å²) in [5.41, 5.74) is 0.558. The van der Waals surface area contributed by atoms with Crippen LogP contribution in [0.5, 0.6) is 0 Å². The summed E-state index contributed by atoms with van der Waals surface area (Å²) < 4.78 is 10.6. The fourth-order valence-electron chi connectivity index (χ4n) is 3.34. The van der Waals surface area contributed by atoms with Crippen LogP contribution in [0.3, 0.4) is 0 Å². The minimum Gasteiger partial charge on any atom is -0.462 e. The molecule has 30 heavy (non-hydrogen) atoms. The molecular weight excluding hydrogens is 376 g/mol. The highest BCUT2D eigenvalue weighted by Gasteiger charge is 2.19. The first kappa shape index (κ1) is 26.2. The third kappa shape index (κ3) is 12.0. The molecule has 0 bridgehead atoms. The van der Waals surface area contributed by atoms with Gasteiger partial charge in [-0.3, -0.25) is 0 Å². The van der Waals surface area contributed by atoms with Gasteiger partial charge in [-0.2, -0.15) is 0 Å². The van der Waals surface area contributed by atoms with Crippen molar-refractivity contribution in [3.05, 3.63) is 35.4 Å². The summed E-state index contributed by atoms with van der Waals surface area (Å²) in [4.78, 5) is 24.6. The van der Waals surface area contributed by atoms with Crippen LogP contribution < -0.4 is 0 Å². The smallest absolute Gasteiger partial charge is 0.339 e. The van der Waals surface area contributed by atoms with E-state index in [1.165, 1.54) is 64.2 Å². The molecule has 0 heterocycles. The van der Waals surface area contributed by atoms with Gasteiger partial charge in [0.15, 0.2) is 0 Å². The van der Waals surface area contributed by atoms with Crippen LogP contribution in [0.25, 0.3) is 0 Å². The molecule has 0 spiro atoms. The first-order valence-corrected chi connectivity index (χ1v) is 12.0. The maximum absolute atomic E-state index is 12.4. The van der Waals surface area contributed by atoms with Gasteiger partial charge in [0.2, 0.25) is 0 Å². The van der Waals surface area contributed by atoms with Gasteiger partial charge in [0.25, 0.3) is 0 Å². The molecule has 0 aliphatic heterocycles. The molecule has 0 saturated heterocycles. The predicted molar refractivity (Wildman–Crippen MR) is 123 cm³/mol. The lowest BCUT2D eigenvalue weighted by atomic mass is 10.1. The average molecular weight is 419 g/mol. The molecule has 170 valence electrons. The van der Waals surface area contributed by atoms with Crippen molar-refractivity contribution in [2.75, 3.05) is 13.2 Å². The molecule has 0 saturated carbocycles. The van der Waals surface area contributed by atoms with Crippen molar-refractivity contribution in [3.63, 3.8) is 0 Å². The van der Waals surface area contributed by atoms with Crippen molar-refractivity contribution in [1.29, 1.82) is 0 Å². The van der Waals surface area contributed by atoms with Crippen molar-refractivity contribution in [3.8, 4) is 0 Å². The van der Waals surface area contributed by atoms with Gasteiger partial charge in [-0.25, -0.2) is 9.59 Å². The number of benzene rings is 1. The summed E-state index contributed by atoms with van der Waals surface area (Å²) in [7, 11) is 0. The van der Waals surface area contributed by atoms with E-state index in [9.17, 15) is 9.59 Å².